The average Bonchev–Trinajstić information content (AvgIpc) is 2.52. The molecule has 1 aromatic carbocycles. The van der Waals surface area contributed by atoms with E-state index in [9.17, 15) is 4.79 Å². The lowest BCUT2D eigenvalue weighted by molar-refractivity contribution is -0.121. The topological polar surface area (TPSA) is 38.3 Å². The van der Waals surface area contributed by atoms with Crippen LogP contribution in [0.5, 0.6) is 5.75 Å². The van der Waals surface area contributed by atoms with Crippen molar-refractivity contribution in [3.8, 4) is 5.75 Å². The Morgan fingerprint density at radius 1 is 1.25 bits per heavy atom. The maximum Gasteiger partial charge on any atom is 0.220 e. The number of benzene rings is 1. The van der Waals surface area contributed by atoms with Gasteiger partial charge in [0.2, 0.25) is 5.91 Å². The Bertz CT molecular complexity index is 425. The number of methoxy groups -OCH3 is 1. The molecule has 0 bridgehead atoms. The van der Waals surface area contributed by atoms with Crippen LogP contribution in [-0.4, -0.2) is 13.0 Å². The zero-order valence-corrected chi connectivity index (χ0v) is 12.4. The van der Waals surface area contributed by atoms with E-state index in [0.717, 1.165) is 23.7 Å². The molecule has 1 N–H and O–H groups in total. The van der Waals surface area contributed by atoms with Crippen LogP contribution in [0.4, 0.5) is 0 Å². The van der Waals surface area contributed by atoms with Crippen molar-refractivity contribution in [3.05, 3.63) is 29.8 Å². The van der Waals surface area contributed by atoms with E-state index in [0.29, 0.717) is 13.0 Å². The summed E-state index contributed by atoms with van der Waals surface area (Å²) in [5.41, 5.74) is 1.03. The second-order valence-corrected chi connectivity index (χ2v) is 5.63. The van der Waals surface area contributed by atoms with Gasteiger partial charge in [0.1, 0.15) is 5.75 Å². The first kappa shape index (κ1) is 14.9. The highest BCUT2D eigenvalue weighted by atomic mass is 16.5. The summed E-state index contributed by atoms with van der Waals surface area (Å²) in [5.74, 6) is 1.75. The molecule has 0 aliphatic heterocycles. The fraction of sp³-hybridized carbons (Fsp3) is 0.588. The van der Waals surface area contributed by atoms with E-state index in [4.69, 9.17) is 4.74 Å². The lowest BCUT2D eigenvalue weighted by atomic mass is 9.86. The number of rotatable bonds is 6. The zero-order chi connectivity index (χ0) is 14.2. The fourth-order valence-corrected chi connectivity index (χ4v) is 2.94. The molecule has 0 aromatic heterocycles. The minimum Gasteiger partial charge on any atom is -0.496 e. The van der Waals surface area contributed by atoms with E-state index in [1.165, 1.54) is 32.1 Å². The molecule has 0 heterocycles. The van der Waals surface area contributed by atoms with Gasteiger partial charge in [0.15, 0.2) is 0 Å². The zero-order valence-electron chi connectivity index (χ0n) is 12.4. The number of hydrogen-bond donors (Lipinski definition) is 1. The lowest BCUT2D eigenvalue weighted by Gasteiger charge is -2.21. The smallest absolute Gasteiger partial charge is 0.220 e. The van der Waals surface area contributed by atoms with Gasteiger partial charge in [0.05, 0.1) is 7.11 Å². The number of carbonyl (C=O) groups is 1. The molecule has 0 radical (unpaired) electrons. The Morgan fingerprint density at radius 2 is 2.00 bits per heavy atom. The molecule has 0 unspecified atom stereocenters. The van der Waals surface area contributed by atoms with Crippen LogP contribution in [0.15, 0.2) is 24.3 Å². The fourth-order valence-electron chi connectivity index (χ4n) is 2.94. The van der Waals surface area contributed by atoms with Crippen LogP contribution >= 0.6 is 0 Å². The molecule has 3 heteroatoms. The molecule has 0 saturated heterocycles. The van der Waals surface area contributed by atoms with Gasteiger partial charge < -0.3 is 10.1 Å². The second-order valence-electron chi connectivity index (χ2n) is 5.63. The summed E-state index contributed by atoms with van der Waals surface area (Å²) in [5, 5.41) is 2.99. The summed E-state index contributed by atoms with van der Waals surface area (Å²) < 4.78 is 5.28. The predicted octanol–water partition coefficient (Wildman–Crippen LogP) is 3.67. The van der Waals surface area contributed by atoms with Crippen LogP contribution in [0, 0.1) is 5.92 Å². The Labute approximate surface area is 121 Å². The first-order valence-electron chi connectivity index (χ1n) is 7.68. The lowest BCUT2D eigenvalue weighted by Crippen LogP contribution is -2.23. The molecule has 1 saturated carbocycles. The van der Waals surface area contributed by atoms with Crippen LogP contribution in [0.1, 0.15) is 50.5 Å². The van der Waals surface area contributed by atoms with Crippen molar-refractivity contribution in [2.45, 2.75) is 51.5 Å². The highest BCUT2D eigenvalue weighted by Gasteiger charge is 2.14. The molecule has 0 spiro atoms. The van der Waals surface area contributed by atoms with Gasteiger partial charge in [-0.05, 0) is 18.4 Å². The number of ether oxygens (including phenoxy) is 1. The van der Waals surface area contributed by atoms with E-state index < -0.39 is 0 Å². The third kappa shape index (κ3) is 4.55. The van der Waals surface area contributed by atoms with E-state index >= 15 is 0 Å². The van der Waals surface area contributed by atoms with E-state index in [2.05, 4.69) is 5.32 Å². The van der Waals surface area contributed by atoms with Gasteiger partial charge >= 0.3 is 0 Å². The van der Waals surface area contributed by atoms with E-state index in [1.807, 2.05) is 24.3 Å². The third-order valence-electron chi connectivity index (χ3n) is 4.17. The van der Waals surface area contributed by atoms with Crippen molar-refractivity contribution in [1.82, 2.24) is 5.32 Å². The maximum atomic E-state index is 11.9. The van der Waals surface area contributed by atoms with Crippen molar-refractivity contribution in [2.24, 2.45) is 5.92 Å². The molecular formula is C17H25NO2. The van der Waals surface area contributed by atoms with Gasteiger partial charge in [-0.1, -0.05) is 50.3 Å². The maximum absolute atomic E-state index is 11.9. The molecule has 1 fully saturated rings. The molecule has 1 aliphatic carbocycles. The van der Waals surface area contributed by atoms with Crippen LogP contribution in [0.3, 0.4) is 0 Å². The third-order valence-corrected chi connectivity index (χ3v) is 4.17. The minimum atomic E-state index is 0.154. The summed E-state index contributed by atoms with van der Waals surface area (Å²) in [4.78, 5) is 11.9. The molecule has 0 atom stereocenters. The number of para-hydroxylation sites is 1. The average molecular weight is 275 g/mol. The van der Waals surface area contributed by atoms with Crippen molar-refractivity contribution in [1.29, 1.82) is 0 Å². The van der Waals surface area contributed by atoms with E-state index in [-0.39, 0.29) is 5.91 Å². The summed E-state index contributed by atoms with van der Waals surface area (Å²) >= 11 is 0. The highest BCUT2D eigenvalue weighted by Crippen LogP contribution is 2.27. The minimum absolute atomic E-state index is 0.154. The van der Waals surface area contributed by atoms with Crippen molar-refractivity contribution in [2.75, 3.05) is 7.11 Å². The Balaban J connectivity index is 1.71. The first-order chi connectivity index (χ1) is 9.79. The number of nitrogens with one attached hydrogen (secondary N) is 1. The highest BCUT2D eigenvalue weighted by molar-refractivity contribution is 5.75. The van der Waals surface area contributed by atoms with Gasteiger partial charge in [0, 0.05) is 18.5 Å². The van der Waals surface area contributed by atoms with Crippen LogP contribution < -0.4 is 10.1 Å². The van der Waals surface area contributed by atoms with Gasteiger partial charge in [-0.15, -0.1) is 0 Å². The van der Waals surface area contributed by atoms with Crippen LogP contribution in [0.2, 0.25) is 0 Å². The summed E-state index contributed by atoms with van der Waals surface area (Å²) in [7, 11) is 1.66. The number of amides is 1. The normalized spacial score (nSPS) is 15.8. The molecule has 110 valence electrons. The standard InChI is InChI=1S/C17H25NO2/c1-20-16-10-6-5-9-15(16)13-18-17(19)12-11-14-7-3-2-4-8-14/h5-6,9-10,14H,2-4,7-8,11-13H2,1H3,(H,18,19). The Kier molecular flexibility index (Phi) is 5.90. The summed E-state index contributed by atoms with van der Waals surface area (Å²) in [6.07, 6.45) is 8.36. The van der Waals surface area contributed by atoms with Crippen LogP contribution in [-0.2, 0) is 11.3 Å². The number of hydrogen-bond acceptors (Lipinski definition) is 2. The molecular weight excluding hydrogens is 250 g/mol. The molecule has 1 aliphatic rings. The largest absolute Gasteiger partial charge is 0.496 e. The van der Waals surface area contributed by atoms with E-state index in [1.54, 1.807) is 7.11 Å². The number of carbonyl (C=O) groups excluding carboxylic acids is 1. The second kappa shape index (κ2) is 7.93. The Morgan fingerprint density at radius 3 is 2.75 bits per heavy atom. The predicted molar refractivity (Wildman–Crippen MR) is 80.6 cm³/mol. The molecule has 1 amide bonds. The summed E-state index contributed by atoms with van der Waals surface area (Å²) in [6.45, 7) is 0.549. The quantitative estimate of drug-likeness (QED) is 0.860. The molecule has 2 rings (SSSR count). The van der Waals surface area contributed by atoms with Gasteiger partial charge in [-0.2, -0.15) is 0 Å². The Hall–Kier alpha value is -1.51. The molecule has 1 aromatic rings. The van der Waals surface area contributed by atoms with Crippen LogP contribution in [0.25, 0.3) is 0 Å². The van der Waals surface area contributed by atoms with Crippen molar-refractivity contribution in [3.63, 3.8) is 0 Å². The van der Waals surface area contributed by atoms with Crippen molar-refractivity contribution >= 4 is 5.91 Å². The van der Waals surface area contributed by atoms with Gasteiger partial charge in [-0.25, -0.2) is 0 Å². The SMILES string of the molecule is COc1ccccc1CNC(=O)CCC1CCCCC1. The van der Waals surface area contributed by atoms with Gasteiger partial charge in [0.25, 0.3) is 0 Å². The van der Waals surface area contributed by atoms with Crippen molar-refractivity contribution < 1.29 is 9.53 Å². The monoisotopic (exact) mass is 275 g/mol. The molecule has 20 heavy (non-hydrogen) atoms. The molecule has 3 nitrogen and oxygen atoms in total. The first-order valence-corrected chi connectivity index (χ1v) is 7.68. The van der Waals surface area contributed by atoms with Gasteiger partial charge in [-0.3, -0.25) is 4.79 Å². The summed E-state index contributed by atoms with van der Waals surface area (Å²) in [6, 6.07) is 7.81.